The Morgan fingerprint density at radius 3 is 2.76 bits per heavy atom. The van der Waals surface area contributed by atoms with Gasteiger partial charge in [0.25, 0.3) is 0 Å². The monoisotopic (exact) mass is 284 g/mol. The van der Waals surface area contributed by atoms with Crippen LogP contribution in [0.25, 0.3) is 10.9 Å². The lowest BCUT2D eigenvalue weighted by molar-refractivity contribution is -0.000435. The van der Waals surface area contributed by atoms with Crippen molar-refractivity contribution in [2.45, 2.75) is 43.9 Å². The van der Waals surface area contributed by atoms with E-state index in [2.05, 4.69) is 16.9 Å². The molecule has 1 aromatic heterocycles. The highest BCUT2D eigenvalue weighted by Gasteiger charge is 2.39. The summed E-state index contributed by atoms with van der Waals surface area (Å²) in [6, 6.07) is 8.86. The van der Waals surface area contributed by atoms with Crippen LogP contribution in [0, 0.1) is 0 Å². The number of H-pyrrole nitrogens is 1. The van der Waals surface area contributed by atoms with Gasteiger partial charge in [-0.25, -0.2) is 4.79 Å². The van der Waals surface area contributed by atoms with Gasteiger partial charge in [-0.1, -0.05) is 6.07 Å². The van der Waals surface area contributed by atoms with Gasteiger partial charge in [-0.2, -0.15) is 0 Å². The highest BCUT2D eigenvalue weighted by molar-refractivity contribution is 5.94. The topological polar surface area (TPSA) is 45.3 Å². The van der Waals surface area contributed by atoms with E-state index in [1.165, 1.54) is 12.8 Å². The SMILES string of the molecule is CN1[C@@H]2CC[C@H]1C[C@@H](OC(=O)c1ccc3cc[nH]c3c1)C2. The summed E-state index contributed by atoms with van der Waals surface area (Å²) in [5.74, 6) is -0.194. The number of aromatic amines is 1. The third-order valence-electron chi connectivity index (χ3n) is 5.12. The van der Waals surface area contributed by atoms with E-state index in [1.54, 1.807) is 0 Å². The number of carbonyl (C=O) groups is 1. The molecule has 2 bridgehead atoms. The van der Waals surface area contributed by atoms with Gasteiger partial charge in [0.15, 0.2) is 0 Å². The Balaban J connectivity index is 1.48. The zero-order valence-electron chi connectivity index (χ0n) is 12.2. The van der Waals surface area contributed by atoms with E-state index in [0.717, 1.165) is 23.7 Å². The number of hydrogen-bond donors (Lipinski definition) is 1. The summed E-state index contributed by atoms with van der Waals surface area (Å²) in [5.41, 5.74) is 1.61. The second-order valence-electron chi connectivity index (χ2n) is 6.33. The van der Waals surface area contributed by atoms with Crippen LogP contribution in [0.2, 0.25) is 0 Å². The van der Waals surface area contributed by atoms with Crippen LogP contribution in [-0.2, 0) is 4.74 Å². The molecular weight excluding hydrogens is 264 g/mol. The molecule has 2 fully saturated rings. The molecule has 4 rings (SSSR count). The number of fused-ring (bicyclic) bond motifs is 3. The highest BCUT2D eigenvalue weighted by atomic mass is 16.5. The van der Waals surface area contributed by atoms with Crippen molar-refractivity contribution in [3.8, 4) is 0 Å². The Morgan fingerprint density at radius 1 is 1.24 bits per heavy atom. The highest BCUT2D eigenvalue weighted by Crippen LogP contribution is 2.35. The maximum absolute atomic E-state index is 12.3. The number of esters is 1. The molecule has 0 radical (unpaired) electrons. The van der Waals surface area contributed by atoms with E-state index >= 15 is 0 Å². The summed E-state index contributed by atoms with van der Waals surface area (Å²) in [6.07, 6.45) is 6.39. The largest absolute Gasteiger partial charge is 0.459 e. The second kappa shape index (κ2) is 4.88. The minimum atomic E-state index is -0.194. The summed E-state index contributed by atoms with van der Waals surface area (Å²) in [7, 11) is 2.19. The summed E-state index contributed by atoms with van der Waals surface area (Å²) in [5, 5.41) is 1.11. The second-order valence-corrected chi connectivity index (χ2v) is 6.33. The first-order valence-corrected chi connectivity index (χ1v) is 7.71. The number of hydrogen-bond acceptors (Lipinski definition) is 3. The first-order chi connectivity index (χ1) is 10.2. The number of benzene rings is 1. The number of rotatable bonds is 2. The van der Waals surface area contributed by atoms with E-state index in [0.29, 0.717) is 17.6 Å². The van der Waals surface area contributed by atoms with E-state index in [1.807, 2.05) is 30.5 Å². The predicted molar refractivity (Wildman–Crippen MR) is 81.3 cm³/mol. The molecule has 2 aliphatic heterocycles. The molecule has 110 valence electrons. The van der Waals surface area contributed by atoms with Gasteiger partial charge in [-0.3, -0.25) is 0 Å². The molecule has 0 unspecified atom stereocenters. The van der Waals surface area contributed by atoms with E-state index < -0.39 is 0 Å². The zero-order valence-corrected chi connectivity index (χ0v) is 12.2. The van der Waals surface area contributed by atoms with Gasteiger partial charge in [0, 0.05) is 36.6 Å². The number of carbonyl (C=O) groups excluding carboxylic acids is 1. The molecule has 2 aromatic rings. The number of aromatic nitrogens is 1. The van der Waals surface area contributed by atoms with Crippen molar-refractivity contribution >= 4 is 16.9 Å². The van der Waals surface area contributed by atoms with Gasteiger partial charge in [0.2, 0.25) is 0 Å². The molecule has 1 N–H and O–H groups in total. The van der Waals surface area contributed by atoms with Crippen LogP contribution < -0.4 is 0 Å². The van der Waals surface area contributed by atoms with E-state index in [9.17, 15) is 4.79 Å². The standard InChI is InChI=1S/C17H20N2O2/c1-19-13-4-5-14(19)10-15(9-13)21-17(20)12-3-2-11-6-7-18-16(11)8-12/h2-3,6-8,13-15,18H,4-5,9-10H2,1H3/t13-,14+,15+. The molecule has 0 amide bonds. The minimum Gasteiger partial charge on any atom is -0.459 e. The summed E-state index contributed by atoms with van der Waals surface area (Å²) in [4.78, 5) is 17.9. The first kappa shape index (κ1) is 12.9. The van der Waals surface area contributed by atoms with Crippen LogP contribution in [0.5, 0.6) is 0 Å². The number of piperidine rings is 1. The maximum atomic E-state index is 12.3. The molecule has 4 nitrogen and oxygen atoms in total. The van der Waals surface area contributed by atoms with Crippen molar-refractivity contribution in [3.63, 3.8) is 0 Å². The third-order valence-corrected chi connectivity index (χ3v) is 5.12. The van der Waals surface area contributed by atoms with Crippen molar-refractivity contribution in [2.75, 3.05) is 7.05 Å². The van der Waals surface area contributed by atoms with Crippen molar-refractivity contribution in [2.24, 2.45) is 0 Å². The molecule has 2 saturated heterocycles. The number of nitrogens with zero attached hydrogens (tertiary/aromatic N) is 1. The Labute approximate surface area is 124 Å². The lowest BCUT2D eigenvalue weighted by Gasteiger charge is -2.35. The summed E-state index contributed by atoms with van der Waals surface area (Å²) >= 11 is 0. The van der Waals surface area contributed by atoms with Crippen LogP contribution in [0.1, 0.15) is 36.0 Å². The van der Waals surface area contributed by atoms with Gasteiger partial charge in [0.1, 0.15) is 6.10 Å². The fourth-order valence-electron chi connectivity index (χ4n) is 3.85. The lowest BCUT2D eigenvalue weighted by atomic mass is 10.0. The average molecular weight is 284 g/mol. The fraction of sp³-hybridized carbons (Fsp3) is 0.471. The lowest BCUT2D eigenvalue weighted by Crippen LogP contribution is -2.43. The van der Waals surface area contributed by atoms with Crippen molar-refractivity contribution in [1.29, 1.82) is 0 Å². The summed E-state index contributed by atoms with van der Waals surface area (Å²) < 4.78 is 5.75. The third kappa shape index (κ3) is 2.23. The molecule has 3 heterocycles. The quantitative estimate of drug-likeness (QED) is 0.862. The molecule has 3 atom stereocenters. The normalized spacial score (nSPS) is 28.9. The van der Waals surface area contributed by atoms with Crippen LogP contribution >= 0.6 is 0 Å². The van der Waals surface area contributed by atoms with Gasteiger partial charge in [-0.15, -0.1) is 0 Å². The van der Waals surface area contributed by atoms with Gasteiger partial charge in [-0.05, 0) is 43.5 Å². The van der Waals surface area contributed by atoms with Crippen molar-refractivity contribution in [3.05, 3.63) is 36.0 Å². The first-order valence-electron chi connectivity index (χ1n) is 7.71. The zero-order chi connectivity index (χ0) is 14.4. The molecule has 1 aromatic carbocycles. The maximum Gasteiger partial charge on any atom is 0.338 e. The van der Waals surface area contributed by atoms with E-state index in [-0.39, 0.29) is 12.1 Å². The summed E-state index contributed by atoms with van der Waals surface area (Å²) in [6.45, 7) is 0. The Morgan fingerprint density at radius 2 is 2.00 bits per heavy atom. The van der Waals surface area contributed by atoms with Crippen LogP contribution in [0.4, 0.5) is 0 Å². The van der Waals surface area contributed by atoms with Crippen LogP contribution in [0.3, 0.4) is 0 Å². The number of ether oxygens (including phenoxy) is 1. The van der Waals surface area contributed by atoms with Crippen LogP contribution in [-0.4, -0.2) is 41.1 Å². The molecule has 0 saturated carbocycles. The minimum absolute atomic E-state index is 0.0746. The molecule has 0 spiro atoms. The Kier molecular flexibility index (Phi) is 3.00. The Bertz CT molecular complexity index is 664. The molecule has 0 aliphatic carbocycles. The van der Waals surface area contributed by atoms with Crippen LogP contribution in [0.15, 0.2) is 30.5 Å². The van der Waals surface area contributed by atoms with Gasteiger partial charge in [0.05, 0.1) is 5.56 Å². The smallest absolute Gasteiger partial charge is 0.338 e. The predicted octanol–water partition coefficient (Wildman–Crippen LogP) is 2.95. The number of nitrogens with one attached hydrogen (secondary N) is 1. The van der Waals surface area contributed by atoms with Gasteiger partial charge < -0.3 is 14.6 Å². The Hall–Kier alpha value is -1.81. The molecular formula is C17H20N2O2. The van der Waals surface area contributed by atoms with Crippen molar-refractivity contribution in [1.82, 2.24) is 9.88 Å². The van der Waals surface area contributed by atoms with E-state index in [4.69, 9.17) is 4.74 Å². The molecule has 2 aliphatic rings. The van der Waals surface area contributed by atoms with Crippen molar-refractivity contribution < 1.29 is 9.53 Å². The average Bonchev–Trinajstić information content (AvgIpc) is 3.01. The molecule has 4 heteroatoms. The van der Waals surface area contributed by atoms with Gasteiger partial charge >= 0.3 is 5.97 Å². The molecule has 21 heavy (non-hydrogen) atoms. The fourth-order valence-corrected chi connectivity index (χ4v) is 3.85.